The van der Waals surface area contributed by atoms with Gasteiger partial charge in [-0.2, -0.15) is 5.10 Å². The first-order valence-electron chi connectivity index (χ1n) is 7.27. The van der Waals surface area contributed by atoms with E-state index in [1.807, 2.05) is 6.07 Å². The van der Waals surface area contributed by atoms with Gasteiger partial charge in [-0.3, -0.25) is 4.79 Å². The molecule has 122 valence electrons. The van der Waals surface area contributed by atoms with Crippen molar-refractivity contribution in [2.24, 2.45) is 0 Å². The molecule has 2 heterocycles. The van der Waals surface area contributed by atoms with Crippen LogP contribution in [0.5, 0.6) is 11.5 Å². The highest BCUT2D eigenvalue weighted by Gasteiger charge is 2.05. The molecular weight excluding hydrogens is 308 g/mol. The topological polar surface area (TPSA) is 78.3 Å². The number of hydrogen-bond acceptors (Lipinski definition) is 5. The molecule has 0 aliphatic rings. The predicted molar refractivity (Wildman–Crippen MR) is 88.5 cm³/mol. The third-order valence-electron chi connectivity index (χ3n) is 3.18. The van der Waals surface area contributed by atoms with Crippen molar-refractivity contribution in [3.8, 4) is 17.3 Å². The second-order valence-electron chi connectivity index (χ2n) is 4.87. The van der Waals surface area contributed by atoms with Gasteiger partial charge in [0.1, 0.15) is 11.5 Å². The fraction of sp³-hybridized carbons (Fsp3) is 0.118. The van der Waals surface area contributed by atoms with Crippen molar-refractivity contribution in [2.45, 2.75) is 0 Å². The lowest BCUT2D eigenvalue weighted by Gasteiger charge is -2.09. The van der Waals surface area contributed by atoms with Crippen LogP contribution in [-0.4, -0.2) is 34.4 Å². The lowest BCUT2D eigenvalue weighted by atomic mass is 10.3. The third kappa shape index (κ3) is 3.89. The van der Waals surface area contributed by atoms with Crippen molar-refractivity contribution in [1.82, 2.24) is 14.8 Å². The molecule has 7 heteroatoms. The van der Waals surface area contributed by atoms with Crippen molar-refractivity contribution in [1.29, 1.82) is 0 Å². The van der Waals surface area contributed by atoms with E-state index in [-0.39, 0.29) is 12.5 Å². The zero-order chi connectivity index (χ0) is 16.8. The monoisotopic (exact) mass is 324 g/mol. The fourth-order valence-electron chi connectivity index (χ4n) is 2.04. The quantitative estimate of drug-likeness (QED) is 0.753. The summed E-state index contributed by atoms with van der Waals surface area (Å²) in [6.45, 7) is -0.103. The molecule has 3 rings (SSSR count). The van der Waals surface area contributed by atoms with Crippen LogP contribution in [0.2, 0.25) is 0 Å². The van der Waals surface area contributed by atoms with Gasteiger partial charge >= 0.3 is 0 Å². The van der Waals surface area contributed by atoms with Crippen LogP contribution >= 0.6 is 0 Å². The van der Waals surface area contributed by atoms with Crippen molar-refractivity contribution >= 4 is 11.6 Å². The van der Waals surface area contributed by atoms with Crippen LogP contribution in [0, 0.1) is 0 Å². The summed E-state index contributed by atoms with van der Waals surface area (Å²) in [6.07, 6.45) is 5.04. The van der Waals surface area contributed by atoms with E-state index >= 15 is 0 Å². The van der Waals surface area contributed by atoms with Crippen molar-refractivity contribution < 1.29 is 14.3 Å². The molecule has 0 unspecified atom stereocenters. The number of amides is 1. The molecule has 0 saturated heterocycles. The van der Waals surface area contributed by atoms with Gasteiger partial charge in [-0.15, -0.1) is 0 Å². The highest BCUT2D eigenvalue weighted by molar-refractivity contribution is 5.91. The van der Waals surface area contributed by atoms with E-state index in [4.69, 9.17) is 9.47 Å². The van der Waals surface area contributed by atoms with Crippen LogP contribution in [-0.2, 0) is 4.79 Å². The number of methoxy groups -OCH3 is 1. The summed E-state index contributed by atoms with van der Waals surface area (Å²) in [7, 11) is 1.58. The van der Waals surface area contributed by atoms with Crippen LogP contribution < -0.4 is 14.8 Å². The predicted octanol–water partition coefficient (Wildman–Crippen LogP) is 2.29. The van der Waals surface area contributed by atoms with Gasteiger partial charge in [0.15, 0.2) is 12.4 Å². The van der Waals surface area contributed by atoms with Gasteiger partial charge < -0.3 is 14.8 Å². The zero-order valence-corrected chi connectivity index (χ0v) is 13.0. The summed E-state index contributed by atoms with van der Waals surface area (Å²) in [5.41, 5.74) is 0.588. The number of hydrogen-bond donors (Lipinski definition) is 1. The Morgan fingerprint density at radius 1 is 1.21 bits per heavy atom. The summed E-state index contributed by atoms with van der Waals surface area (Å²) in [5, 5.41) is 6.82. The number of anilines is 1. The van der Waals surface area contributed by atoms with Crippen LogP contribution in [0.4, 0.5) is 5.69 Å². The highest BCUT2D eigenvalue weighted by atomic mass is 16.5. The van der Waals surface area contributed by atoms with Crippen LogP contribution in [0.3, 0.4) is 0 Å². The molecule has 0 bridgehead atoms. The second-order valence-corrected chi connectivity index (χ2v) is 4.87. The first kappa shape index (κ1) is 15.5. The van der Waals surface area contributed by atoms with Crippen molar-refractivity contribution in [3.63, 3.8) is 0 Å². The molecule has 0 spiro atoms. The average molecular weight is 324 g/mol. The molecule has 0 aliphatic heterocycles. The SMILES string of the molecule is COc1cccc(OCC(=O)Nc2ccc(-n3cccn3)nc2)c1. The lowest BCUT2D eigenvalue weighted by Crippen LogP contribution is -2.20. The van der Waals surface area contributed by atoms with Crippen molar-refractivity contribution in [2.75, 3.05) is 19.0 Å². The van der Waals surface area contributed by atoms with Gasteiger partial charge in [-0.1, -0.05) is 6.07 Å². The summed E-state index contributed by atoms with van der Waals surface area (Å²) in [6, 6.07) is 12.4. The molecule has 3 aromatic rings. The molecule has 24 heavy (non-hydrogen) atoms. The smallest absolute Gasteiger partial charge is 0.262 e. The maximum atomic E-state index is 11.9. The van der Waals surface area contributed by atoms with Crippen LogP contribution in [0.15, 0.2) is 61.1 Å². The van der Waals surface area contributed by atoms with Gasteiger partial charge in [0.05, 0.1) is 19.0 Å². The Morgan fingerprint density at radius 3 is 2.79 bits per heavy atom. The Morgan fingerprint density at radius 2 is 2.08 bits per heavy atom. The Labute approximate surface area is 138 Å². The molecule has 0 radical (unpaired) electrons. The number of carbonyl (C=O) groups is 1. The Kier molecular flexibility index (Phi) is 4.71. The van der Waals surface area contributed by atoms with E-state index in [1.54, 1.807) is 66.8 Å². The van der Waals surface area contributed by atoms with Crippen LogP contribution in [0.1, 0.15) is 0 Å². The number of pyridine rings is 1. The Balaban J connectivity index is 1.54. The fourth-order valence-corrected chi connectivity index (χ4v) is 2.04. The number of nitrogens with one attached hydrogen (secondary N) is 1. The largest absolute Gasteiger partial charge is 0.497 e. The second kappa shape index (κ2) is 7.28. The third-order valence-corrected chi connectivity index (χ3v) is 3.18. The van der Waals surface area contributed by atoms with E-state index < -0.39 is 0 Å². The maximum Gasteiger partial charge on any atom is 0.262 e. The molecule has 1 N–H and O–H groups in total. The van der Waals surface area contributed by atoms with Gasteiger partial charge in [0.2, 0.25) is 0 Å². The Hall–Kier alpha value is -3.35. The summed E-state index contributed by atoms with van der Waals surface area (Å²) >= 11 is 0. The molecule has 0 saturated carbocycles. The van der Waals surface area contributed by atoms with Crippen LogP contribution in [0.25, 0.3) is 5.82 Å². The minimum Gasteiger partial charge on any atom is -0.497 e. The summed E-state index contributed by atoms with van der Waals surface area (Å²) in [5.74, 6) is 1.64. The van der Waals surface area contributed by atoms with E-state index in [1.165, 1.54) is 0 Å². The number of carbonyl (C=O) groups excluding carboxylic acids is 1. The van der Waals surface area contributed by atoms with E-state index in [2.05, 4.69) is 15.4 Å². The maximum absolute atomic E-state index is 11.9. The van der Waals surface area contributed by atoms with E-state index in [0.717, 1.165) is 0 Å². The number of aromatic nitrogens is 3. The summed E-state index contributed by atoms with van der Waals surface area (Å²) < 4.78 is 12.2. The highest BCUT2D eigenvalue weighted by Crippen LogP contribution is 2.18. The van der Waals surface area contributed by atoms with Gasteiger partial charge in [-0.05, 0) is 30.3 Å². The molecule has 2 aromatic heterocycles. The molecule has 0 fully saturated rings. The van der Waals surface area contributed by atoms with E-state index in [0.29, 0.717) is 23.0 Å². The zero-order valence-electron chi connectivity index (χ0n) is 13.0. The van der Waals surface area contributed by atoms with Crippen molar-refractivity contribution in [3.05, 3.63) is 61.1 Å². The van der Waals surface area contributed by atoms with Gasteiger partial charge in [-0.25, -0.2) is 9.67 Å². The average Bonchev–Trinajstić information content (AvgIpc) is 3.15. The standard InChI is InChI=1S/C17H16N4O3/c1-23-14-4-2-5-15(10-14)24-12-17(22)20-13-6-7-16(18-11-13)21-9-3-8-19-21/h2-11H,12H2,1H3,(H,20,22). The molecule has 1 aromatic carbocycles. The van der Waals surface area contributed by atoms with Gasteiger partial charge in [0, 0.05) is 18.5 Å². The minimum absolute atomic E-state index is 0.103. The molecule has 0 aliphatic carbocycles. The van der Waals surface area contributed by atoms with E-state index in [9.17, 15) is 4.79 Å². The first-order chi connectivity index (χ1) is 11.7. The Bertz CT molecular complexity index is 801. The number of nitrogens with zero attached hydrogens (tertiary/aromatic N) is 3. The molecule has 7 nitrogen and oxygen atoms in total. The normalized spacial score (nSPS) is 10.2. The minimum atomic E-state index is -0.272. The summed E-state index contributed by atoms with van der Waals surface area (Å²) in [4.78, 5) is 16.2. The first-order valence-corrected chi connectivity index (χ1v) is 7.27. The molecule has 0 atom stereocenters. The lowest BCUT2D eigenvalue weighted by molar-refractivity contribution is -0.118. The molecule has 1 amide bonds. The van der Waals surface area contributed by atoms with Gasteiger partial charge in [0.25, 0.3) is 5.91 Å². The number of rotatable bonds is 6. The molecular formula is C17H16N4O3. The number of ether oxygens (including phenoxy) is 2. The number of benzene rings is 1.